The molecule has 2 aliphatic carbocycles. The highest BCUT2D eigenvalue weighted by molar-refractivity contribution is 6.30. The molecular weight excluding hydrogens is 651 g/mol. The van der Waals surface area contributed by atoms with Gasteiger partial charge in [-0.15, -0.1) is 0 Å². The van der Waals surface area contributed by atoms with E-state index < -0.39 is 70.5 Å². The van der Waals surface area contributed by atoms with Gasteiger partial charge < -0.3 is 10.8 Å². The number of aromatic hydroxyl groups is 1. The standard InChI is InChI=1S/C37H28ClFN4O6/c38-19-7-5-18(6-8-19)37-28(33(46)43(35(37)48)41-21-11-9-20(39)10-12-21)17-27-25(13-14-26-30(27)34(47)42(32(26)45)36(40)49)31(37)24-15-16-29(44)23-4-2-1-3-22(23)24/h1-13,15-16,26-28,30-31,41,44H,14,17H2,(H2,40,49). The van der Waals surface area contributed by atoms with Gasteiger partial charge in [-0.05, 0) is 77.7 Å². The number of hydrazine groups is 1. The van der Waals surface area contributed by atoms with E-state index in [1.807, 2.05) is 12.1 Å². The number of anilines is 1. The fourth-order valence-electron chi connectivity index (χ4n) is 8.78. The number of phenols is 1. The van der Waals surface area contributed by atoms with Crippen LogP contribution in [0, 0.1) is 29.5 Å². The van der Waals surface area contributed by atoms with E-state index in [4.69, 9.17) is 17.3 Å². The number of nitrogens with two attached hydrogens (primary N) is 1. The molecule has 0 aromatic heterocycles. The summed E-state index contributed by atoms with van der Waals surface area (Å²) in [7, 11) is 0. The largest absolute Gasteiger partial charge is 0.507 e. The first kappa shape index (κ1) is 30.8. The number of halogens is 2. The van der Waals surface area contributed by atoms with Crippen LogP contribution < -0.4 is 11.2 Å². The Labute approximate surface area is 283 Å². The van der Waals surface area contributed by atoms with Crippen molar-refractivity contribution in [3.05, 3.63) is 119 Å². The van der Waals surface area contributed by atoms with E-state index >= 15 is 4.79 Å². The number of urea groups is 1. The highest BCUT2D eigenvalue weighted by atomic mass is 35.5. The first-order valence-corrected chi connectivity index (χ1v) is 16.2. The van der Waals surface area contributed by atoms with Crippen molar-refractivity contribution in [3.8, 4) is 5.75 Å². The van der Waals surface area contributed by atoms with E-state index in [1.165, 1.54) is 30.3 Å². The predicted octanol–water partition coefficient (Wildman–Crippen LogP) is 5.40. The Balaban J connectivity index is 1.41. The van der Waals surface area contributed by atoms with Crippen LogP contribution in [0.5, 0.6) is 5.75 Å². The molecule has 12 heteroatoms. The zero-order valence-electron chi connectivity index (χ0n) is 25.7. The minimum atomic E-state index is -1.60. The number of fused-ring (bicyclic) bond motifs is 5. The van der Waals surface area contributed by atoms with Gasteiger partial charge in [0.1, 0.15) is 11.6 Å². The van der Waals surface area contributed by atoms with Crippen LogP contribution in [0.1, 0.15) is 29.9 Å². The highest BCUT2D eigenvalue weighted by Crippen LogP contribution is 2.64. The second-order valence-corrected chi connectivity index (χ2v) is 13.4. The number of phenolic OH excluding ortho intramolecular Hbond substituents is 1. The summed E-state index contributed by atoms with van der Waals surface area (Å²) in [5.41, 5.74) is 8.88. The molecule has 2 saturated heterocycles. The average molecular weight is 679 g/mol. The van der Waals surface area contributed by atoms with E-state index in [2.05, 4.69) is 5.43 Å². The third-order valence-electron chi connectivity index (χ3n) is 10.7. The van der Waals surface area contributed by atoms with Crippen LogP contribution >= 0.6 is 11.6 Å². The number of hydrogen-bond donors (Lipinski definition) is 3. The van der Waals surface area contributed by atoms with Crippen LogP contribution in [0.2, 0.25) is 5.02 Å². The molecule has 6 unspecified atom stereocenters. The summed E-state index contributed by atoms with van der Waals surface area (Å²) in [6, 6.07) is 21.2. The topological polar surface area (TPSA) is 150 Å². The first-order chi connectivity index (χ1) is 23.5. The summed E-state index contributed by atoms with van der Waals surface area (Å²) < 4.78 is 13.8. The number of likely N-dealkylation sites (tertiary alicyclic amines) is 1. The molecule has 49 heavy (non-hydrogen) atoms. The molecule has 4 aliphatic rings. The summed E-state index contributed by atoms with van der Waals surface area (Å²) >= 11 is 6.34. The van der Waals surface area contributed by atoms with Gasteiger partial charge in [0.15, 0.2) is 0 Å². The molecule has 4 aromatic carbocycles. The lowest BCUT2D eigenvalue weighted by Gasteiger charge is -2.51. The Bertz CT molecular complexity index is 2150. The molecule has 6 amide bonds. The highest BCUT2D eigenvalue weighted by Gasteiger charge is 2.70. The van der Waals surface area contributed by atoms with Gasteiger partial charge in [-0.25, -0.2) is 9.18 Å². The molecule has 2 heterocycles. The molecule has 6 atom stereocenters. The number of nitrogens with one attached hydrogen (secondary N) is 1. The first-order valence-electron chi connectivity index (χ1n) is 15.8. The fraction of sp³-hybridized carbons (Fsp3) is 0.216. The van der Waals surface area contributed by atoms with E-state index in [0.29, 0.717) is 43.1 Å². The number of amides is 6. The number of rotatable bonds is 4. The summed E-state index contributed by atoms with van der Waals surface area (Å²) in [6.07, 6.45) is 1.97. The van der Waals surface area contributed by atoms with Crippen molar-refractivity contribution in [2.45, 2.75) is 24.2 Å². The molecule has 0 spiro atoms. The summed E-state index contributed by atoms with van der Waals surface area (Å²) in [6.45, 7) is 0. The number of allylic oxidation sites excluding steroid dienone is 2. The fourth-order valence-corrected chi connectivity index (χ4v) is 8.90. The van der Waals surface area contributed by atoms with Gasteiger partial charge >= 0.3 is 6.03 Å². The van der Waals surface area contributed by atoms with Crippen LogP contribution in [0.3, 0.4) is 0 Å². The smallest absolute Gasteiger partial charge is 0.328 e. The second kappa shape index (κ2) is 11.0. The van der Waals surface area contributed by atoms with E-state index in [9.17, 15) is 28.7 Å². The second-order valence-electron chi connectivity index (χ2n) is 12.9. The average Bonchev–Trinajstić information content (AvgIpc) is 3.47. The number of nitrogens with zero attached hydrogens (tertiary/aromatic N) is 2. The normalized spacial score (nSPS) is 27.6. The van der Waals surface area contributed by atoms with Crippen LogP contribution in [0.25, 0.3) is 10.8 Å². The maximum Gasteiger partial charge on any atom is 0.328 e. The number of primary amides is 1. The number of hydrogen-bond acceptors (Lipinski definition) is 7. The molecule has 2 aliphatic heterocycles. The maximum absolute atomic E-state index is 15.2. The van der Waals surface area contributed by atoms with Gasteiger partial charge in [-0.1, -0.05) is 65.7 Å². The Kier molecular flexibility index (Phi) is 6.90. The monoisotopic (exact) mass is 678 g/mol. The van der Waals surface area contributed by atoms with Crippen molar-refractivity contribution >= 4 is 57.7 Å². The zero-order valence-corrected chi connectivity index (χ0v) is 26.4. The number of carbonyl (C=O) groups excluding carboxylic acids is 5. The third-order valence-corrected chi connectivity index (χ3v) is 11.0. The quantitative estimate of drug-likeness (QED) is 0.193. The van der Waals surface area contributed by atoms with Crippen molar-refractivity contribution in [2.75, 3.05) is 5.43 Å². The third kappa shape index (κ3) is 4.28. The zero-order chi connectivity index (χ0) is 34.4. The number of carbonyl (C=O) groups is 5. The van der Waals surface area contributed by atoms with E-state index in [0.717, 1.165) is 5.01 Å². The van der Waals surface area contributed by atoms with Gasteiger partial charge in [0.25, 0.3) is 11.8 Å². The summed E-state index contributed by atoms with van der Waals surface area (Å²) in [5, 5.41) is 13.4. The Morgan fingerprint density at radius 2 is 1.57 bits per heavy atom. The van der Waals surface area contributed by atoms with Gasteiger partial charge in [-0.3, -0.25) is 24.6 Å². The molecule has 0 radical (unpaired) electrons. The molecular formula is C37H28ClFN4O6. The van der Waals surface area contributed by atoms with Gasteiger partial charge in [0, 0.05) is 16.3 Å². The number of imide groups is 4. The van der Waals surface area contributed by atoms with E-state index in [1.54, 1.807) is 48.5 Å². The number of benzene rings is 4. The Hall–Kier alpha value is -5.55. The Morgan fingerprint density at radius 3 is 2.27 bits per heavy atom. The van der Waals surface area contributed by atoms with Crippen molar-refractivity contribution in [1.82, 2.24) is 9.91 Å². The molecule has 3 fully saturated rings. The van der Waals surface area contributed by atoms with Gasteiger partial charge in [0.2, 0.25) is 11.8 Å². The van der Waals surface area contributed by atoms with Crippen LogP contribution in [0.4, 0.5) is 14.9 Å². The van der Waals surface area contributed by atoms with Gasteiger partial charge in [-0.2, -0.15) is 9.91 Å². The van der Waals surface area contributed by atoms with Gasteiger partial charge in [0.05, 0.1) is 28.9 Å². The lowest BCUT2D eigenvalue weighted by Crippen LogP contribution is -2.53. The molecule has 10 nitrogen and oxygen atoms in total. The lowest BCUT2D eigenvalue weighted by atomic mass is 9.49. The molecule has 8 rings (SSSR count). The van der Waals surface area contributed by atoms with Crippen molar-refractivity contribution in [3.63, 3.8) is 0 Å². The van der Waals surface area contributed by atoms with E-state index in [-0.39, 0.29) is 18.6 Å². The van der Waals surface area contributed by atoms with Crippen molar-refractivity contribution < 1.29 is 33.5 Å². The van der Waals surface area contributed by atoms with Crippen LogP contribution in [-0.2, 0) is 24.6 Å². The van der Waals surface area contributed by atoms with Crippen LogP contribution in [-0.4, -0.2) is 44.7 Å². The van der Waals surface area contributed by atoms with Crippen molar-refractivity contribution in [2.24, 2.45) is 29.4 Å². The van der Waals surface area contributed by atoms with Crippen LogP contribution in [0.15, 0.2) is 96.6 Å². The van der Waals surface area contributed by atoms with Crippen molar-refractivity contribution in [1.29, 1.82) is 0 Å². The maximum atomic E-state index is 15.2. The molecule has 1 saturated carbocycles. The molecule has 4 aromatic rings. The summed E-state index contributed by atoms with van der Waals surface area (Å²) in [5.74, 6) is -7.59. The minimum Gasteiger partial charge on any atom is -0.507 e. The molecule has 246 valence electrons. The Morgan fingerprint density at radius 1 is 0.878 bits per heavy atom. The lowest BCUT2D eigenvalue weighted by molar-refractivity contribution is -0.139. The molecule has 4 N–H and O–H groups in total. The summed E-state index contributed by atoms with van der Waals surface area (Å²) in [4.78, 5) is 69.9. The predicted molar refractivity (Wildman–Crippen MR) is 176 cm³/mol. The SMILES string of the molecule is NC(=O)N1C(=O)C2CC=C3C(CC4C(=O)N(Nc5ccc(F)cc5)C(=O)C4(c4ccc(Cl)cc4)C3c3ccc(O)c4ccccc34)C2C1=O. The molecule has 0 bridgehead atoms. The minimum absolute atomic E-state index is 0.0000639.